The molecule has 0 N–H and O–H groups in total. The van der Waals surface area contributed by atoms with Crippen molar-refractivity contribution >= 4 is 5.91 Å². The molecule has 0 radical (unpaired) electrons. The molecule has 2 rings (SSSR count). The zero-order valence-corrected chi connectivity index (χ0v) is 12.8. The highest BCUT2D eigenvalue weighted by molar-refractivity contribution is 5.76. The number of benzene rings is 1. The summed E-state index contributed by atoms with van der Waals surface area (Å²) >= 11 is 0. The summed E-state index contributed by atoms with van der Waals surface area (Å²) in [5.41, 5.74) is 1.27. The first-order valence-electron chi connectivity index (χ1n) is 7.15. The first-order chi connectivity index (χ1) is 9.56. The predicted octanol–water partition coefficient (Wildman–Crippen LogP) is 1.96. The summed E-state index contributed by atoms with van der Waals surface area (Å²) in [5.74, 6) is 1.48. The largest absolute Gasteiger partial charge is 0.497 e. The van der Waals surface area contributed by atoms with Crippen LogP contribution in [-0.2, 0) is 4.79 Å². The van der Waals surface area contributed by atoms with Crippen LogP contribution in [-0.4, -0.2) is 56.0 Å². The maximum atomic E-state index is 11.9. The molecule has 0 unspecified atom stereocenters. The molecule has 1 saturated heterocycles. The second-order valence-corrected chi connectivity index (χ2v) is 5.56. The molecule has 1 aliphatic rings. The quantitative estimate of drug-likeness (QED) is 0.843. The van der Waals surface area contributed by atoms with Crippen molar-refractivity contribution in [2.45, 2.75) is 25.3 Å². The number of ether oxygens (including phenoxy) is 1. The van der Waals surface area contributed by atoms with Crippen molar-refractivity contribution in [2.24, 2.45) is 0 Å². The summed E-state index contributed by atoms with van der Waals surface area (Å²) in [5, 5.41) is 0. The van der Waals surface area contributed by atoms with Gasteiger partial charge in [0.25, 0.3) is 0 Å². The summed E-state index contributed by atoms with van der Waals surface area (Å²) in [7, 11) is 5.84. The summed E-state index contributed by atoms with van der Waals surface area (Å²) in [6, 6.07) is 8.58. The predicted molar refractivity (Wildman–Crippen MR) is 80.1 cm³/mol. The fourth-order valence-electron chi connectivity index (χ4n) is 2.92. The number of rotatable bonds is 4. The molecule has 1 fully saturated rings. The number of amides is 1. The topological polar surface area (TPSA) is 32.8 Å². The second kappa shape index (κ2) is 6.27. The maximum absolute atomic E-state index is 11.9. The van der Waals surface area contributed by atoms with Crippen molar-refractivity contribution in [1.29, 1.82) is 0 Å². The van der Waals surface area contributed by atoms with Crippen molar-refractivity contribution in [1.82, 2.24) is 9.80 Å². The van der Waals surface area contributed by atoms with E-state index in [2.05, 4.69) is 31.1 Å². The fourth-order valence-corrected chi connectivity index (χ4v) is 2.92. The van der Waals surface area contributed by atoms with Crippen LogP contribution in [0.4, 0.5) is 0 Å². The van der Waals surface area contributed by atoms with E-state index in [4.69, 9.17) is 4.74 Å². The molecule has 20 heavy (non-hydrogen) atoms. The third kappa shape index (κ3) is 2.96. The van der Waals surface area contributed by atoms with E-state index in [0.29, 0.717) is 18.4 Å². The molecule has 0 saturated carbocycles. The number of hydrogen-bond acceptors (Lipinski definition) is 3. The number of carbonyl (C=O) groups excluding carboxylic acids is 1. The van der Waals surface area contributed by atoms with E-state index >= 15 is 0 Å². The van der Waals surface area contributed by atoms with Gasteiger partial charge in [0.05, 0.1) is 7.11 Å². The minimum absolute atomic E-state index is 0.243. The van der Waals surface area contributed by atoms with Gasteiger partial charge in [-0.15, -0.1) is 0 Å². The van der Waals surface area contributed by atoms with Gasteiger partial charge in [0.15, 0.2) is 0 Å². The molecular weight excluding hydrogens is 252 g/mol. The molecule has 0 bridgehead atoms. The van der Waals surface area contributed by atoms with Gasteiger partial charge in [-0.2, -0.15) is 0 Å². The zero-order valence-electron chi connectivity index (χ0n) is 12.8. The Labute approximate surface area is 121 Å². The number of methoxy groups -OCH3 is 1. The summed E-state index contributed by atoms with van der Waals surface area (Å²) in [4.78, 5) is 16.2. The molecule has 110 valence electrons. The van der Waals surface area contributed by atoms with Gasteiger partial charge >= 0.3 is 0 Å². The first-order valence-corrected chi connectivity index (χ1v) is 7.15. The summed E-state index contributed by atoms with van der Waals surface area (Å²) < 4.78 is 5.21. The number of hydrogen-bond donors (Lipinski definition) is 0. The lowest BCUT2D eigenvalue weighted by Crippen LogP contribution is -2.35. The Hall–Kier alpha value is -1.55. The normalized spacial score (nSPS) is 22.4. The molecule has 4 nitrogen and oxygen atoms in total. The summed E-state index contributed by atoms with van der Waals surface area (Å²) in [6.45, 7) is 3.55. The average Bonchev–Trinajstić information content (AvgIpc) is 2.92. The average molecular weight is 276 g/mol. The Morgan fingerprint density at radius 2 is 1.95 bits per heavy atom. The minimum atomic E-state index is 0.243. The van der Waals surface area contributed by atoms with Crippen molar-refractivity contribution in [3.05, 3.63) is 29.8 Å². The van der Waals surface area contributed by atoms with Crippen LogP contribution in [0, 0.1) is 0 Å². The second-order valence-electron chi connectivity index (χ2n) is 5.56. The van der Waals surface area contributed by atoms with Crippen LogP contribution in [0.5, 0.6) is 5.75 Å². The number of likely N-dealkylation sites (N-methyl/N-ethyl adjacent to an activating group) is 1. The van der Waals surface area contributed by atoms with Gasteiger partial charge in [-0.3, -0.25) is 4.79 Å². The zero-order chi connectivity index (χ0) is 14.7. The molecule has 1 aliphatic heterocycles. The third-order valence-electron chi connectivity index (χ3n) is 4.15. The van der Waals surface area contributed by atoms with Gasteiger partial charge in [-0.25, -0.2) is 0 Å². The number of nitrogens with zero attached hydrogens (tertiary/aromatic N) is 2. The number of carbonyl (C=O) groups is 1. The standard InChI is InChI=1S/C16H24N2O2/c1-5-16(19)18-10-14(15(11-18)17(2)3)12-6-8-13(20-4)9-7-12/h6-9,14-15H,5,10-11H2,1-4H3/t14-,15+/m0/s1. The molecule has 1 heterocycles. The van der Waals surface area contributed by atoms with Gasteiger partial charge < -0.3 is 14.5 Å². The van der Waals surface area contributed by atoms with E-state index in [1.807, 2.05) is 24.0 Å². The maximum Gasteiger partial charge on any atom is 0.222 e. The van der Waals surface area contributed by atoms with Crippen molar-refractivity contribution < 1.29 is 9.53 Å². The molecule has 0 spiro atoms. The molecule has 1 amide bonds. The highest BCUT2D eigenvalue weighted by Crippen LogP contribution is 2.31. The van der Waals surface area contributed by atoms with Gasteiger partial charge in [0, 0.05) is 31.5 Å². The third-order valence-corrected chi connectivity index (χ3v) is 4.15. The van der Waals surface area contributed by atoms with Gasteiger partial charge in [0.2, 0.25) is 5.91 Å². The van der Waals surface area contributed by atoms with Gasteiger partial charge in [-0.1, -0.05) is 19.1 Å². The van der Waals surface area contributed by atoms with Crippen molar-refractivity contribution in [3.8, 4) is 5.75 Å². The molecular formula is C16H24N2O2. The Morgan fingerprint density at radius 1 is 1.30 bits per heavy atom. The highest BCUT2D eigenvalue weighted by atomic mass is 16.5. The van der Waals surface area contributed by atoms with E-state index in [0.717, 1.165) is 18.8 Å². The number of likely N-dealkylation sites (tertiary alicyclic amines) is 1. The Kier molecular flexibility index (Phi) is 4.65. The van der Waals surface area contributed by atoms with Crippen LogP contribution in [0.1, 0.15) is 24.8 Å². The molecule has 0 aliphatic carbocycles. The Morgan fingerprint density at radius 3 is 2.45 bits per heavy atom. The van der Waals surface area contributed by atoms with E-state index in [9.17, 15) is 4.79 Å². The fraction of sp³-hybridized carbons (Fsp3) is 0.562. The van der Waals surface area contributed by atoms with E-state index in [-0.39, 0.29) is 5.91 Å². The van der Waals surface area contributed by atoms with Crippen LogP contribution >= 0.6 is 0 Å². The monoisotopic (exact) mass is 276 g/mol. The molecule has 1 aromatic rings. The van der Waals surface area contributed by atoms with E-state index in [1.165, 1.54) is 5.56 Å². The Balaban J connectivity index is 2.20. The van der Waals surface area contributed by atoms with Crippen LogP contribution in [0.15, 0.2) is 24.3 Å². The van der Waals surface area contributed by atoms with Gasteiger partial charge in [0.1, 0.15) is 5.75 Å². The lowest BCUT2D eigenvalue weighted by atomic mass is 9.93. The van der Waals surface area contributed by atoms with Crippen LogP contribution in [0.2, 0.25) is 0 Å². The lowest BCUT2D eigenvalue weighted by Gasteiger charge is -2.25. The molecule has 2 atom stereocenters. The smallest absolute Gasteiger partial charge is 0.222 e. The minimum Gasteiger partial charge on any atom is -0.497 e. The van der Waals surface area contributed by atoms with E-state index in [1.54, 1.807) is 7.11 Å². The van der Waals surface area contributed by atoms with Gasteiger partial charge in [-0.05, 0) is 31.8 Å². The van der Waals surface area contributed by atoms with Crippen molar-refractivity contribution in [3.63, 3.8) is 0 Å². The lowest BCUT2D eigenvalue weighted by molar-refractivity contribution is -0.129. The molecule has 4 heteroatoms. The van der Waals surface area contributed by atoms with E-state index < -0.39 is 0 Å². The Bertz CT molecular complexity index is 456. The van der Waals surface area contributed by atoms with Crippen molar-refractivity contribution in [2.75, 3.05) is 34.3 Å². The highest BCUT2D eigenvalue weighted by Gasteiger charge is 2.36. The van der Waals surface area contributed by atoms with Crippen LogP contribution in [0.3, 0.4) is 0 Å². The SMILES string of the molecule is CCC(=O)N1C[C@@H](N(C)C)[C@H](c2ccc(OC)cc2)C1. The molecule has 1 aromatic carbocycles. The van der Waals surface area contributed by atoms with Crippen LogP contribution in [0.25, 0.3) is 0 Å². The molecule has 0 aromatic heterocycles. The van der Waals surface area contributed by atoms with Crippen LogP contribution < -0.4 is 4.74 Å². The summed E-state index contributed by atoms with van der Waals surface area (Å²) in [6.07, 6.45) is 0.579. The first kappa shape index (κ1) is 14.9.